The van der Waals surface area contributed by atoms with E-state index < -0.39 is 6.10 Å². The highest BCUT2D eigenvalue weighted by atomic mass is 16.6. The van der Waals surface area contributed by atoms with E-state index in [1.54, 1.807) is 0 Å². The zero-order valence-electron chi connectivity index (χ0n) is 27.1. The molecule has 0 saturated carbocycles. The van der Waals surface area contributed by atoms with Crippen molar-refractivity contribution < 1.29 is 18.9 Å². The summed E-state index contributed by atoms with van der Waals surface area (Å²) in [5.41, 5.74) is 8.03. The summed E-state index contributed by atoms with van der Waals surface area (Å²) in [7, 11) is 0. The first-order valence-corrected chi connectivity index (χ1v) is 16.7. The van der Waals surface area contributed by atoms with Crippen LogP contribution in [0.15, 0.2) is 152 Å². The van der Waals surface area contributed by atoms with E-state index in [0.717, 1.165) is 39.8 Å². The lowest BCUT2D eigenvalue weighted by atomic mass is 9.80. The van der Waals surface area contributed by atoms with Gasteiger partial charge < -0.3 is 18.9 Å². The maximum atomic E-state index is 6.93. The molecule has 0 bridgehead atoms. The van der Waals surface area contributed by atoms with Crippen LogP contribution in [-0.4, -0.2) is 24.9 Å². The van der Waals surface area contributed by atoms with Crippen LogP contribution in [0.5, 0.6) is 0 Å². The Labute approximate surface area is 279 Å². The molecule has 6 rings (SSSR count). The molecule has 0 heterocycles. The molecule has 0 aromatic heterocycles. The van der Waals surface area contributed by atoms with Gasteiger partial charge in [-0.3, -0.25) is 0 Å². The molecule has 0 spiro atoms. The van der Waals surface area contributed by atoms with E-state index in [0.29, 0.717) is 33.0 Å². The second kappa shape index (κ2) is 17.0. The van der Waals surface area contributed by atoms with Gasteiger partial charge in [0.15, 0.2) is 0 Å². The average Bonchev–Trinajstić information content (AvgIpc) is 3.14. The van der Waals surface area contributed by atoms with E-state index >= 15 is 0 Å². The van der Waals surface area contributed by atoms with Crippen LogP contribution >= 0.6 is 0 Å². The highest BCUT2D eigenvalue weighted by Crippen LogP contribution is 2.38. The monoisotopic (exact) mass is 624 g/mol. The maximum absolute atomic E-state index is 6.93. The summed E-state index contributed by atoms with van der Waals surface area (Å²) < 4.78 is 27.1. The Morgan fingerprint density at radius 3 is 1.47 bits per heavy atom. The van der Waals surface area contributed by atoms with Crippen molar-refractivity contribution in [2.45, 2.75) is 58.1 Å². The van der Waals surface area contributed by atoms with Crippen LogP contribution in [0.2, 0.25) is 0 Å². The van der Waals surface area contributed by atoms with Gasteiger partial charge in [0.2, 0.25) is 0 Å². The van der Waals surface area contributed by atoms with Crippen molar-refractivity contribution in [3.8, 4) is 0 Å². The molecule has 4 heteroatoms. The van der Waals surface area contributed by atoms with Crippen molar-refractivity contribution in [3.05, 3.63) is 185 Å². The van der Waals surface area contributed by atoms with Crippen LogP contribution in [0.3, 0.4) is 0 Å². The first-order valence-electron chi connectivity index (χ1n) is 16.7. The lowest BCUT2D eigenvalue weighted by molar-refractivity contribution is -0.158. The SMILES string of the molecule is CCc1cccc(C2=C[C@H](COCc3ccccc3)[C@@H](OCc3ccccc3)[C@H](OCc3ccccc3)[C@H]2OCc2ccccc2)c1. The Morgan fingerprint density at radius 1 is 0.468 bits per heavy atom. The fourth-order valence-electron chi connectivity index (χ4n) is 6.15. The molecule has 0 unspecified atom stereocenters. The van der Waals surface area contributed by atoms with E-state index in [-0.39, 0.29) is 18.1 Å². The summed E-state index contributed by atoms with van der Waals surface area (Å²) in [5, 5.41) is 0. The molecule has 240 valence electrons. The molecule has 0 N–H and O–H groups in total. The molecular weight excluding hydrogens is 580 g/mol. The number of aryl methyl sites for hydroxylation is 1. The molecular formula is C43H44O4. The van der Waals surface area contributed by atoms with Crippen LogP contribution in [0.1, 0.15) is 40.3 Å². The third-order valence-electron chi connectivity index (χ3n) is 8.68. The Bertz CT molecular complexity index is 1650. The van der Waals surface area contributed by atoms with Crippen LogP contribution in [-0.2, 0) is 51.8 Å². The molecule has 0 aliphatic heterocycles. The van der Waals surface area contributed by atoms with Crippen LogP contribution in [0.4, 0.5) is 0 Å². The van der Waals surface area contributed by atoms with Crippen LogP contribution < -0.4 is 0 Å². The van der Waals surface area contributed by atoms with Gasteiger partial charge in [-0.1, -0.05) is 159 Å². The van der Waals surface area contributed by atoms with E-state index in [2.05, 4.69) is 97.9 Å². The summed E-state index contributed by atoms with van der Waals surface area (Å²) in [6.45, 7) is 4.58. The van der Waals surface area contributed by atoms with Gasteiger partial charge in [0.25, 0.3) is 0 Å². The van der Waals surface area contributed by atoms with Crippen LogP contribution in [0.25, 0.3) is 5.57 Å². The molecule has 0 saturated heterocycles. The Kier molecular flexibility index (Phi) is 11.8. The molecule has 4 atom stereocenters. The maximum Gasteiger partial charge on any atom is 0.115 e. The largest absolute Gasteiger partial charge is 0.376 e. The zero-order chi connectivity index (χ0) is 32.1. The first kappa shape index (κ1) is 32.6. The lowest BCUT2D eigenvalue weighted by Crippen LogP contribution is -2.50. The molecule has 0 amide bonds. The molecule has 1 aliphatic rings. The molecule has 5 aromatic rings. The molecule has 47 heavy (non-hydrogen) atoms. The van der Waals surface area contributed by atoms with Gasteiger partial charge in [-0.2, -0.15) is 0 Å². The third-order valence-corrected chi connectivity index (χ3v) is 8.68. The number of hydrogen-bond donors (Lipinski definition) is 0. The van der Waals surface area contributed by atoms with Crippen molar-refractivity contribution in [1.82, 2.24) is 0 Å². The van der Waals surface area contributed by atoms with Crippen molar-refractivity contribution in [2.75, 3.05) is 6.61 Å². The minimum absolute atomic E-state index is 0.0694. The minimum atomic E-state index is -0.391. The standard InChI is InChI=1S/C43H44O4/c1-2-33-24-15-25-38(26-33)40-27-39(32-44-28-34-16-7-3-8-17-34)41(45-29-35-18-9-4-10-19-35)43(47-31-37-22-13-6-14-23-37)42(40)46-30-36-20-11-5-12-21-36/h3-27,39,41-43H,2,28-32H2,1H3/t39-,41-,42+,43+/m1/s1. The summed E-state index contributed by atoms with van der Waals surface area (Å²) in [4.78, 5) is 0. The van der Waals surface area contributed by atoms with Crippen molar-refractivity contribution >= 4 is 5.57 Å². The number of rotatable bonds is 15. The average molecular weight is 625 g/mol. The second-order valence-corrected chi connectivity index (χ2v) is 12.1. The Hall–Kier alpha value is -4.32. The smallest absolute Gasteiger partial charge is 0.115 e. The van der Waals surface area contributed by atoms with Gasteiger partial charge in [-0.25, -0.2) is 0 Å². The van der Waals surface area contributed by atoms with Gasteiger partial charge >= 0.3 is 0 Å². The minimum Gasteiger partial charge on any atom is -0.376 e. The molecule has 1 aliphatic carbocycles. The molecule has 5 aromatic carbocycles. The van der Waals surface area contributed by atoms with E-state index in [1.165, 1.54) is 5.56 Å². The topological polar surface area (TPSA) is 36.9 Å². The van der Waals surface area contributed by atoms with Gasteiger partial charge in [0.1, 0.15) is 12.2 Å². The summed E-state index contributed by atoms with van der Waals surface area (Å²) in [5.74, 6) is -0.0694. The summed E-state index contributed by atoms with van der Waals surface area (Å²) >= 11 is 0. The fourth-order valence-corrected chi connectivity index (χ4v) is 6.15. The van der Waals surface area contributed by atoms with E-state index in [9.17, 15) is 0 Å². The molecule has 4 nitrogen and oxygen atoms in total. The van der Waals surface area contributed by atoms with Crippen LogP contribution in [0, 0.1) is 5.92 Å². The van der Waals surface area contributed by atoms with Gasteiger partial charge in [0.05, 0.1) is 39.1 Å². The fraction of sp³-hybridized carbons (Fsp3) is 0.256. The number of hydrogen-bond acceptors (Lipinski definition) is 4. The predicted molar refractivity (Wildman–Crippen MR) is 188 cm³/mol. The van der Waals surface area contributed by atoms with Crippen molar-refractivity contribution in [1.29, 1.82) is 0 Å². The van der Waals surface area contributed by atoms with E-state index in [1.807, 2.05) is 60.7 Å². The van der Waals surface area contributed by atoms with E-state index in [4.69, 9.17) is 18.9 Å². The van der Waals surface area contributed by atoms with Crippen molar-refractivity contribution in [3.63, 3.8) is 0 Å². The second-order valence-electron chi connectivity index (χ2n) is 12.1. The Balaban J connectivity index is 1.38. The number of ether oxygens (including phenoxy) is 4. The van der Waals surface area contributed by atoms with Gasteiger partial charge in [0, 0.05) is 5.92 Å². The zero-order valence-corrected chi connectivity index (χ0v) is 27.1. The molecule has 0 fully saturated rings. The van der Waals surface area contributed by atoms with Gasteiger partial charge in [-0.15, -0.1) is 0 Å². The highest BCUT2D eigenvalue weighted by Gasteiger charge is 2.43. The van der Waals surface area contributed by atoms with Gasteiger partial charge in [-0.05, 0) is 45.4 Å². The number of benzene rings is 5. The highest BCUT2D eigenvalue weighted by molar-refractivity contribution is 5.71. The predicted octanol–water partition coefficient (Wildman–Crippen LogP) is 9.24. The van der Waals surface area contributed by atoms with Crippen molar-refractivity contribution in [2.24, 2.45) is 5.92 Å². The Morgan fingerprint density at radius 2 is 0.936 bits per heavy atom. The quantitative estimate of drug-likeness (QED) is 0.116. The lowest BCUT2D eigenvalue weighted by Gasteiger charge is -2.42. The normalized spacial score (nSPS) is 19.3. The third kappa shape index (κ3) is 9.15. The summed E-state index contributed by atoms with van der Waals surface area (Å²) in [6.07, 6.45) is 2.22. The summed E-state index contributed by atoms with van der Waals surface area (Å²) in [6, 6.07) is 50.1. The first-order chi connectivity index (χ1) is 23.3. The molecule has 0 radical (unpaired) electrons.